The molecular formula is C19H22N4O2S. The van der Waals surface area contributed by atoms with E-state index >= 15 is 0 Å². The van der Waals surface area contributed by atoms with E-state index in [-0.39, 0.29) is 5.91 Å². The highest BCUT2D eigenvalue weighted by Crippen LogP contribution is 2.21. The van der Waals surface area contributed by atoms with Gasteiger partial charge in [-0.3, -0.25) is 9.69 Å². The van der Waals surface area contributed by atoms with Crippen LogP contribution in [0.5, 0.6) is 0 Å². The van der Waals surface area contributed by atoms with Crippen LogP contribution in [0.3, 0.4) is 0 Å². The summed E-state index contributed by atoms with van der Waals surface area (Å²) in [5, 5.41) is 4.85. The maximum absolute atomic E-state index is 12.2. The number of rotatable bonds is 5. The van der Waals surface area contributed by atoms with Crippen LogP contribution < -0.4 is 5.32 Å². The van der Waals surface area contributed by atoms with Crippen LogP contribution in [0.25, 0.3) is 11.0 Å². The Kier molecular flexibility index (Phi) is 5.01. The lowest BCUT2D eigenvalue weighted by Gasteiger charge is -2.26. The zero-order valence-electron chi connectivity index (χ0n) is 14.8. The van der Waals surface area contributed by atoms with Crippen molar-refractivity contribution in [3.8, 4) is 0 Å². The molecule has 1 amide bonds. The third kappa shape index (κ3) is 3.65. The number of thiophene rings is 1. The third-order valence-electron chi connectivity index (χ3n) is 4.73. The van der Waals surface area contributed by atoms with E-state index in [1.54, 1.807) is 0 Å². The van der Waals surface area contributed by atoms with Crippen LogP contribution in [-0.2, 0) is 18.2 Å². The minimum Gasteiger partial charge on any atom is -0.379 e. The van der Waals surface area contributed by atoms with Crippen molar-refractivity contribution in [1.82, 2.24) is 14.5 Å². The molecule has 1 aliphatic rings. The van der Waals surface area contributed by atoms with Gasteiger partial charge in [0.05, 0.1) is 29.1 Å². The molecule has 1 fully saturated rings. The van der Waals surface area contributed by atoms with Crippen LogP contribution in [-0.4, -0.2) is 53.2 Å². The zero-order valence-corrected chi connectivity index (χ0v) is 15.6. The molecule has 0 atom stereocenters. The van der Waals surface area contributed by atoms with Gasteiger partial charge in [-0.25, -0.2) is 4.98 Å². The van der Waals surface area contributed by atoms with Gasteiger partial charge in [0.1, 0.15) is 5.82 Å². The number of anilines is 1. The molecule has 0 unspecified atom stereocenters. The van der Waals surface area contributed by atoms with Crippen LogP contribution >= 0.6 is 11.3 Å². The molecular weight excluding hydrogens is 348 g/mol. The van der Waals surface area contributed by atoms with Gasteiger partial charge in [0, 0.05) is 38.8 Å². The number of nitrogens with zero attached hydrogens (tertiary/aromatic N) is 3. The number of benzene rings is 1. The maximum Gasteiger partial charge on any atom is 0.265 e. The first-order valence-corrected chi connectivity index (χ1v) is 9.69. The molecule has 3 heterocycles. The summed E-state index contributed by atoms with van der Waals surface area (Å²) in [5.41, 5.74) is 2.76. The highest BCUT2D eigenvalue weighted by molar-refractivity contribution is 7.12. The predicted octanol–water partition coefficient (Wildman–Crippen LogP) is 2.76. The minimum atomic E-state index is -0.0807. The van der Waals surface area contributed by atoms with Crippen LogP contribution in [0.15, 0.2) is 35.7 Å². The first-order valence-electron chi connectivity index (χ1n) is 8.81. The fourth-order valence-corrected chi connectivity index (χ4v) is 3.85. The van der Waals surface area contributed by atoms with Crippen LogP contribution in [0.4, 0.5) is 5.69 Å². The van der Waals surface area contributed by atoms with Crippen LogP contribution in [0.1, 0.15) is 15.5 Å². The number of carbonyl (C=O) groups excluding carboxylic acids is 1. The Bertz CT molecular complexity index is 898. The van der Waals surface area contributed by atoms with E-state index in [2.05, 4.69) is 14.8 Å². The van der Waals surface area contributed by atoms with Crippen molar-refractivity contribution in [2.75, 3.05) is 38.2 Å². The predicted molar refractivity (Wildman–Crippen MR) is 104 cm³/mol. The van der Waals surface area contributed by atoms with Crippen molar-refractivity contribution in [1.29, 1.82) is 0 Å². The lowest BCUT2D eigenvalue weighted by atomic mass is 10.2. The molecule has 0 aliphatic carbocycles. The van der Waals surface area contributed by atoms with Gasteiger partial charge < -0.3 is 14.6 Å². The van der Waals surface area contributed by atoms with Crippen molar-refractivity contribution in [2.24, 2.45) is 7.05 Å². The number of ether oxygens (including phenoxy) is 1. The summed E-state index contributed by atoms with van der Waals surface area (Å²) in [5.74, 6) is 0.982. The number of imidazole rings is 1. The summed E-state index contributed by atoms with van der Waals surface area (Å²) in [6.07, 6.45) is 0.905. The van der Waals surface area contributed by atoms with Gasteiger partial charge in [-0.05, 0) is 29.6 Å². The topological polar surface area (TPSA) is 59.4 Å². The monoisotopic (exact) mass is 370 g/mol. The molecule has 1 saturated heterocycles. The molecule has 0 spiro atoms. The van der Waals surface area contributed by atoms with Crippen molar-refractivity contribution >= 4 is 34.0 Å². The second kappa shape index (κ2) is 7.57. The fraction of sp³-hybridized carbons (Fsp3) is 0.368. The molecule has 7 heteroatoms. The zero-order chi connectivity index (χ0) is 17.9. The van der Waals surface area contributed by atoms with Gasteiger partial charge in [-0.1, -0.05) is 6.07 Å². The second-order valence-corrected chi connectivity index (χ2v) is 7.37. The van der Waals surface area contributed by atoms with Crippen LogP contribution in [0, 0.1) is 0 Å². The molecule has 136 valence electrons. The number of amides is 1. The summed E-state index contributed by atoms with van der Waals surface area (Å²) < 4.78 is 7.54. The summed E-state index contributed by atoms with van der Waals surface area (Å²) in [4.78, 5) is 20.1. The standard InChI is InChI=1S/C19H22N4O2S/c1-22-16-5-4-14(20-19(24)17-3-2-12-26-17)13-15(16)21-18(22)6-7-23-8-10-25-11-9-23/h2-5,12-13H,6-11H2,1H3,(H,20,24). The lowest BCUT2D eigenvalue weighted by Crippen LogP contribution is -2.37. The van der Waals surface area contributed by atoms with Gasteiger partial charge in [0.15, 0.2) is 0 Å². The van der Waals surface area contributed by atoms with E-state index < -0.39 is 0 Å². The second-order valence-electron chi connectivity index (χ2n) is 6.43. The summed E-state index contributed by atoms with van der Waals surface area (Å²) >= 11 is 1.44. The number of hydrogen-bond acceptors (Lipinski definition) is 5. The molecule has 1 N–H and O–H groups in total. The van der Waals surface area contributed by atoms with Gasteiger partial charge in [0.2, 0.25) is 0 Å². The average molecular weight is 370 g/mol. The third-order valence-corrected chi connectivity index (χ3v) is 5.60. The molecule has 1 aromatic carbocycles. The van der Waals surface area contributed by atoms with Gasteiger partial charge in [-0.15, -0.1) is 11.3 Å². The smallest absolute Gasteiger partial charge is 0.265 e. The Morgan fingerprint density at radius 1 is 1.31 bits per heavy atom. The quantitative estimate of drug-likeness (QED) is 0.750. The molecule has 4 rings (SSSR count). The highest BCUT2D eigenvalue weighted by atomic mass is 32.1. The molecule has 1 aliphatic heterocycles. The van der Waals surface area contributed by atoms with Crippen LogP contribution in [0.2, 0.25) is 0 Å². The SMILES string of the molecule is Cn1c(CCN2CCOCC2)nc2cc(NC(=O)c3cccs3)ccc21. The maximum atomic E-state index is 12.2. The van der Waals surface area contributed by atoms with E-state index in [0.717, 1.165) is 61.8 Å². The number of morpholine rings is 1. The van der Waals surface area contributed by atoms with E-state index in [1.807, 2.05) is 42.8 Å². The van der Waals surface area contributed by atoms with Gasteiger partial charge >= 0.3 is 0 Å². The number of aryl methyl sites for hydroxylation is 1. The number of aromatic nitrogens is 2. The molecule has 6 nitrogen and oxygen atoms in total. The number of fused-ring (bicyclic) bond motifs is 1. The Morgan fingerprint density at radius 2 is 2.15 bits per heavy atom. The normalized spacial score (nSPS) is 15.4. The van der Waals surface area contributed by atoms with Gasteiger partial charge in [0.25, 0.3) is 5.91 Å². The minimum absolute atomic E-state index is 0.0807. The van der Waals surface area contributed by atoms with Gasteiger partial charge in [-0.2, -0.15) is 0 Å². The summed E-state index contributed by atoms with van der Waals surface area (Å²) in [6, 6.07) is 9.59. The molecule has 0 bridgehead atoms. The Hall–Kier alpha value is -2.22. The lowest BCUT2D eigenvalue weighted by molar-refractivity contribution is 0.0382. The van der Waals surface area contributed by atoms with Crippen molar-refractivity contribution < 1.29 is 9.53 Å². The Labute approximate surface area is 156 Å². The highest BCUT2D eigenvalue weighted by Gasteiger charge is 2.14. The van der Waals surface area contributed by atoms with E-state index in [4.69, 9.17) is 9.72 Å². The van der Waals surface area contributed by atoms with E-state index in [9.17, 15) is 4.79 Å². The number of nitrogens with one attached hydrogen (secondary N) is 1. The van der Waals surface area contributed by atoms with Crippen molar-refractivity contribution in [2.45, 2.75) is 6.42 Å². The first-order chi connectivity index (χ1) is 12.7. The number of carbonyl (C=O) groups is 1. The average Bonchev–Trinajstić information content (AvgIpc) is 3.30. The molecule has 26 heavy (non-hydrogen) atoms. The van der Waals surface area contributed by atoms with E-state index in [1.165, 1.54) is 11.3 Å². The fourth-order valence-electron chi connectivity index (χ4n) is 3.23. The molecule has 0 radical (unpaired) electrons. The molecule has 3 aromatic rings. The van der Waals surface area contributed by atoms with Crippen molar-refractivity contribution in [3.05, 3.63) is 46.4 Å². The molecule has 2 aromatic heterocycles. The largest absolute Gasteiger partial charge is 0.379 e. The summed E-state index contributed by atoms with van der Waals surface area (Å²) in [7, 11) is 2.05. The Balaban J connectivity index is 1.48. The van der Waals surface area contributed by atoms with Crippen molar-refractivity contribution in [3.63, 3.8) is 0 Å². The molecule has 0 saturated carbocycles. The first kappa shape index (κ1) is 17.2. The Morgan fingerprint density at radius 3 is 2.92 bits per heavy atom. The summed E-state index contributed by atoms with van der Waals surface area (Å²) in [6.45, 7) is 4.60. The number of hydrogen-bond donors (Lipinski definition) is 1. The van der Waals surface area contributed by atoms with E-state index in [0.29, 0.717) is 4.88 Å².